The number of carbonyl (C=O) groups is 1. The molecule has 1 rings (SSSR count). The van der Waals surface area contributed by atoms with Crippen molar-refractivity contribution >= 4 is 17.3 Å². The van der Waals surface area contributed by atoms with Crippen LogP contribution in [0.5, 0.6) is 0 Å². The highest BCUT2D eigenvalue weighted by Crippen LogP contribution is 2.19. The SMILES string of the molecule is CC(C)C(=O)Nc1cccc(NCC(C)(C)C)c1. The molecule has 0 aliphatic carbocycles. The Morgan fingerprint density at radius 3 is 2.39 bits per heavy atom. The fraction of sp³-hybridized carbons (Fsp3) is 0.533. The zero-order chi connectivity index (χ0) is 13.8. The highest BCUT2D eigenvalue weighted by molar-refractivity contribution is 5.92. The van der Waals surface area contributed by atoms with E-state index in [1.807, 2.05) is 38.1 Å². The summed E-state index contributed by atoms with van der Waals surface area (Å²) in [6.45, 7) is 11.2. The molecule has 2 N–H and O–H groups in total. The van der Waals surface area contributed by atoms with E-state index in [4.69, 9.17) is 0 Å². The third-order valence-electron chi connectivity index (χ3n) is 2.48. The molecule has 1 amide bonds. The first kappa shape index (κ1) is 14.6. The van der Waals surface area contributed by atoms with Gasteiger partial charge in [-0.25, -0.2) is 0 Å². The Morgan fingerprint density at radius 1 is 1.22 bits per heavy atom. The molecule has 0 unspecified atom stereocenters. The lowest BCUT2D eigenvalue weighted by Gasteiger charge is -2.20. The smallest absolute Gasteiger partial charge is 0.226 e. The fourth-order valence-corrected chi connectivity index (χ4v) is 1.36. The van der Waals surface area contributed by atoms with Gasteiger partial charge in [0.25, 0.3) is 0 Å². The number of hydrogen-bond acceptors (Lipinski definition) is 2. The summed E-state index contributed by atoms with van der Waals surface area (Å²) in [5.41, 5.74) is 2.11. The minimum absolute atomic E-state index is 0.00353. The van der Waals surface area contributed by atoms with Gasteiger partial charge < -0.3 is 10.6 Å². The van der Waals surface area contributed by atoms with Gasteiger partial charge in [0.15, 0.2) is 0 Å². The summed E-state index contributed by atoms with van der Waals surface area (Å²) in [5.74, 6) is 0.0409. The highest BCUT2D eigenvalue weighted by Gasteiger charge is 2.10. The van der Waals surface area contributed by atoms with Crippen molar-refractivity contribution in [3.05, 3.63) is 24.3 Å². The van der Waals surface area contributed by atoms with Crippen LogP contribution in [0.3, 0.4) is 0 Å². The van der Waals surface area contributed by atoms with Gasteiger partial charge in [-0.3, -0.25) is 4.79 Å². The van der Waals surface area contributed by atoms with E-state index in [1.165, 1.54) is 0 Å². The van der Waals surface area contributed by atoms with Crippen molar-refractivity contribution in [1.29, 1.82) is 0 Å². The fourth-order valence-electron chi connectivity index (χ4n) is 1.36. The second kappa shape index (κ2) is 5.89. The van der Waals surface area contributed by atoms with Gasteiger partial charge in [-0.05, 0) is 23.6 Å². The summed E-state index contributed by atoms with van der Waals surface area (Å²) >= 11 is 0. The first-order valence-electron chi connectivity index (χ1n) is 6.43. The summed E-state index contributed by atoms with van der Waals surface area (Å²) in [4.78, 5) is 11.6. The van der Waals surface area contributed by atoms with Crippen LogP contribution in [-0.2, 0) is 4.79 Å². The minimum Gasteiger partial charge on any atom is -0.384 e. The molecule has 3 nitrogen and oxygen atoms in total. The highest BCUT2D eigenvalue weighted by atomic mass is 16.1. The normalized spacial score (nSPS) is 11.4. The van der Waals surface area contributed by atoms with Crippen molar-refractivity contribution in [3.8, 4) is 0 Å². The molecule has 1 aromatic rings. The Bertz CT molecular complexity index is 405. The molecule has 100 valence electrons. The lowest BCUT2D eigenvalue weighted by atomic mass is 9.97. The molecule has 3 heteroatoms. The molecule has 0 aromatic heterocycles. The Labute approximate surface area is 110 Å². The van der Waals surface area contributed by atoms with Crippen LogP contribution in [0.1, 0.15) is 34.6 Å². The maximum absolute atomic E-state index is 11.6. The summed E-state index contributed by atoms with van der Waals surface area (Å²) in [5, 5.41) is 6.28. The van der Waals surface area contributed by atoms with E-state index in [9.17, 15) is 4.79 Å². The summed E-state index contributed by atoms with van der Waals surface area (Å²) in [6.07, 6.45) is 0. The number of anilines is 2. The van der Waals surface area contributed by atoms with Gasteiger partial charge in [0, 0.05) is 23.8 Å². The first-order chi connectivity index (χ1) is 8.28. The number of benzene rings is 1. The molecule has 0 aliphatic rings. The molecule has 0 bridgehead atoms. The second-order valence-corrected chi connectivity index (χ2v) is 6.14. The van der Waals surface area contributed by atoms with Crippen molar-refractivity contribution in [1.82, 2.24) is 0 Å². The van der Waals surface area contributed by atoms with Gasteiger partial charge in [0.05, 0.1) is 0 Å². The summed E-state index contributed by atoms with van der Waals surface area (Å²) < 4.78 is 0. The quantitative estimate of drug-likeness (QED) is 0.852. The minimum atomic E-state index is -0.00353. The molecular weight excluding hydrogens is 224 g/mol. The van der Waals surface area contributed by atoms with Gasteiger partial charge in [-0.15, -0.1) is 0 Å². The maximum atomic E-state index is 11.6. The van der Waals surface area contributed by atoms with E-state index in [-0.39, 0.29) is 17.2 Å². The average Bonchev–Trinajstić information content (AvgIpc) is 2.26. The Morgan fingerprint density at radius 2 is 1.83 bits per heavy atom. The Hall–Kier alpha value is -1.51. The van der Waals surface area contributed by atoms with Crippen LogP contribution in [0, 0.1) is 11.3 Å². The third kappa shape index (κ3) is 5.21. The molecule has 0 fully saturated rings. The van der Waals surface area contributed by atoms with Crippen molar-refractivity contribution in [2.75, 3.05) is 17.2 Å². The van der Waals surface area contributed by atoms with Crippen molar-refractivity contribution in [2.45, 2.75) is 34.6 Å². The number of nitrogens with one attached hydrogen (secondary N) is 2. The van der Waals surface area contributed by atoms with Crippen LogP contribution < -0.4 is 10.6 Å². The first-order valence-corrected chi connectivity index (χ1v) is 6.43. The van der Waals surface area contributed by atoms with E-state index in [0.29, 0.717) is 0 Å². The van der Waals surface area contributed by atoms with Crippen LogP contribution >= 0.6 is 0 Å². The molecule has 0 spiro atoms. The molecule has 0 atom stereocenters. The molecule has 18 heavy (non-hydrogen) atoms. The zero-order valence-electron chi connectivity index (χ0n) is 12.0. The molecule has 0 heterocycles. The van der Waals surface area contributed by atoms with Gasteiger partial charge in [0.2, 0.25) is 5.91 Å². The number of hydrogen-bond donors (Lipinski definition) is 2. The molecule has 0 aliphatic heterocycles. The summed E-state index contributed by atoms with van der Waals surface area (Å²) in [7, 11) is 0. The van der Waals surface area contributed by atoms with Crippen molar-refractivity contribution < 1.29 is 4.79 Å². The van der Waals surface area contributed by atoms with Crippen LogP contribution in [0.2, 0.25) is 0 Å². The van der Waals surface area contributed by atoms with E-state index >= 15 is 0 Å². The van der Waals surface area contributed by atoms with Gasteiger partial charge in [0.1, 0.15) is 0 Å². The number of carbonyl (C=O) groups excluding carboxylic acids is 1. The largest absolute Gasteiger partial charge is 0.384 e. The molecule has 1 aromatic carbocycles. The van der Waals surface area contributed by atoms with E-state index in [0.717, 1.165) is 17.9 Å². The van der Waals surface area contributed by atoms with Gasteiger partial charge in [-0.2, -0.15) is 0 Å². The molecule has 0 saturated carbocycles. The predicted octanol–water partition coefficient (Wildman–Crippen LogP) is 3.74. The average molecular weight is 248 g/mol. The Kier molecular flexibility index (Phi) is 4.76. The molecular formula is C15H24N2O. The zero-order valence-corrected chi connectivity index (χ0v) is 12.0. The third-order valence-corrected chi connectivity index (χ3v) is 2.48. The van der Waals surface area contributed by atoms with Crippen molar-refractivity contribution in [3.63, 3.8) is 0 Å². The topological polar surface area (TPSA) is 41.1 Å². The molecule has 0 radical (unpaired) electrons. The molecule has 0 saturated heterocycles. The van der Waals surface area contributed by atoms with Crippen LogP contribution in [-0.4, -0.2) is 12.5 Å². The predicted molar refractivity (Wildman–Crippen MR) is 77.9 cm³/mol. The summed E-state index contributed by atoms with van der Waals surface area (Å²) in [6, 6.07) is 7.83. The maximum Gasteiger partial charge on any atom is 0.226 e. The van der Waals surface area contributed by atoms with Crippen LogP contribution in [0.15, 0.2) is 24.3 Å². The van der Waals surface area contributed by atoms with E-state index < -0.39 is 0 Å². The Balaban J connectivity index is 2.65. The van der Waals surface area contributed by atoms with E-state index in [2.05, 4.69) is 31.4 Å². The lowest BCUT2D eigenvalue weighted by Crippen LogP contribution is -2.20. The van der Waals surface area contributed by atoms with E-state index in [1.54, 1.807) is 0 Å². The van der Waals surface area contributed by atoms with Gasteiger partial charge in [-0.1, -0.05) is 40.7 Å². The van der Waals surface area contributed by atoms with Gasteiger partial charge >= 0.3 is 0 Å². The number of amides is 1. The standard InChI is InChI=1S/C15H24N2O/c1-11(2)14(18)17-13-8-6-7-12(9-13)16-10-15(3,4)5/h6-9,11,16H,10H2,1-5H3,(H,17,18). The van der Waals surface area contributed by atoms with Crippen molar-refractivity contribution in [2.24, 2.45) is 11.3 Å². The number of rotatable bonds is 4. The van der Waals surface area contributed by atoms with Crippen LogP contribution in [0.25, 0.3) is 0 Å². The van der Waals surface area contributed by atoms with Crippen LogP contribution in [0.4, 0.5) is 11.4 Å². The lowest BCUT2D eigenvalue weighted by molar-refractivity contribution is -0.118. The monoisotopic (exact) mass is 248 g/mol. The second-order valence-electron chi connectivity index (χ2n) is 6.14.